The topological polar surface area (TPSA) is 12.0 Å². The normalized spacial score (nSPS) is 14.0. The number of hydrogen-bond donors (Lipinski definition) is 1. The lowest BCUT2D eigenvalue weighted by Crippen LogP contribution is -2.24. The van der Waals surface area contributed by atoms with Gasteiger partial charge in [-0.25, -0.2) is 8.78 Å². The molecule has 0 aliphatic heterocycles. The Hall–Kier alpha value is -1.45. The van der Waals surface area contributed by atoms with Gasteiger partial charge in [0.05, 0.1) is 0 Å². The molecule has 4 heteroatoms. The number of halogens is 3. The highest BCUT2D eigenvalue weighted by Gasteiger charge is 2.15. The van der Waals surface area contributed by atoms with Crippen LogP contribution in [0.2, 0.25) is 5.02 Å². The summed E-state index contributed by atoms with van der Waals surface area (Å²) in [6, 6.07) is 11.1. The molecular formula is C17H18ClF2N. The van der Waals surface area contributed by atoms with Crippen molar-refractivity contribution >= 4 is 11.6 Å². The summed E-state index contributed by atoms with van der Waals surface area (Å²) in [7, 11) is 0. The third-order valence-electron chi connectivity index (χ3n) is 3.52. The maximum absolute atomic E-state index is 13.3. The zero-order chi connectivity index (χ0) is 15.4. The Morgan fingerprint density at radius 1 is 1.00 bits per heavy atom. The summed E-state index contributed by atoms with van der Waals surface area (Å²) < 4.78 is 26.6. The van der Waals surface area contributed by atoms with Gasteiger partial charge in [0.25, 0.3) is 0 Å². The van der Waals surface area contributed by atoms with E-state index in [0.717, 1.165) is 18.1 Å². The van der Waals surface area contributed by atoms with Crippen molar-refractivity contribution in [2.24, 2.45) is 0 Å². The van der Waals surface area contributed by atoms with Gasteiger partial charge in [-0.1, -0.05) is 30.7 Å². The fourth-order valence-corrected chi connectivity index (χ4v) is 2.49. The molecule has 2 aromatic rings. The van der Waals surface area contributed by atoms with E-state index in [1.165, 1.54) is 12.1 Å². The van der Waals surface area contributed by atoms with Crippen LogP contribution < -0.4 is 5.32 Å². The number of benzene rings is 2. The zero-order valence-electron chi connectivity index (χ0n) is 12.0. The predicted octanol–water partition coefficient (Wildman–Crippen LogP) is 5.42. The van der Waals surface area contributed by atoms with Crippen LogP contribution in [0.15, 0.2) is 42.5 Å². The smallest absolute Gasteiger partial charge is 0.126 e. The Balaban J connectivity index is 2.15. The van der Waals surface area contributed by atoms with Crippen molar-refractivity contribution in [2.75, 3.05) is 0 Å². The summed E-state index contributed by atoms with van der Waals surface area (Å²) in [5.41, 5.74) is 1.70. The predicted molar refractivity (Wildman–Crippen MR) is 82.4 cm³/mol. The second-order valence-corrected chi connectivity index (χ2v) is 5.54. The minimum absolute atomic E-state index is 0.101. The largest absolute Gasteiger partial charge is 0.303 e. The summed E-state index contributed by atoms with van der Waals surface area (Å²) in [6.07, 6.45) is 0.865. The van der Waals surface area contributed by atoms with Crippen molar-refractivity contribution < 1.29 is 8.78 Å². The van der Waals surface area contributed by atoms with E-state index in [2.05, 4.69) is 12.2 Å². The highest BCUT2D eigenvalue weighted by atomic mass is 35.5. The van der Waals surface area contributed by atoms with Crippen molar-refractivity contribution in [3.63, 3.8) is 0 Å². The van der Waals surface area contributed by atoms with Crippen LogP contribution in [-0.4, -0.2) is 0 Å². The van der Waals surface area contributed by atoms with Crippen molar-refractivity contribution in [3.05, 3.63) is 70.2 Å². The van der Waals surface area contributed by atoms with Crippen molar-refractivity contribution in [2.45, 2.75) is 32.4 Å². The molecule has 21 heavy (non-hydrogen) atoms. The summed E-state index contributed by atoms with van der Waals surface area (Å²) in [5.74, 6) is -1.11. The molecule has 0 radical (unpaired) electrons. The van der Waals surface area contributed by atoms with Gasteiger partial charge in [-0.2, -0.15) is 0 Å². The van der Waals surface area contributed by atoms with Gasteiger partial charge in [0, 0.05) is 23.2 Å². The second kappa shape index (κ2) is 7.01. The average Bonchev–Trinajstić information content (AvgIpc) is 2.44. The van der Waals surface area contributed by atoms with E-state index in [1.807, 2.05) is 31.2 Å². The van der Waals surface area contributed by atoms with Crippen molar-refractivity contribution in [1.29, 1.82) is 0 Å². The monoisotopic (exact) mass is 309 g/mol. The van der Waals surface area contributed by atoms with E-state index in [4.69, 9.17) is 11.6 Å². The molecule has 0 aliphatic carbocycles. The molecule has 0 aliphatic rings. The molecule has 1 nitrogen and oxygen atoms in total. The lowest BCUT2D eigenvalue weighted by molar-refractivity contribution is 0.452. The fraction of sp³-hybridized carbons (Fsp3) is 0.294. The maximum Gasteiger partial charge on any atom is 0.126 e. The van der Waals surface area contributed by atoms with Crippen LogP contribution in [0.4, 0.5) is 8.78 Å². The number of rotatable bonds is 5. The number of nitrogens with one attached hydrogen (secondary N) is 1. The molecule has 0 fully saturated rings. The summed E-state index contributed by atoms with van der Waals surface area (Å²) in [4.78, 5) is 0. The first-order valence-electron chi connectivity index (χ1n) is 6.97. The first kappa shape index (κ1) is 15.9. The first-order chi connectivity index (χ1) is 9.99. The molecule has 0 bridgehead atoms. The van der Waals surface area contributed by atoms with E-state index in [0.29, 0.717) is 10.6 Å². The molecule has 0 spiro atoms. The van der Waals surface area contributed by atoms with E-state index in [1.54, 1.807) is 0 Å². The Bertz CT molecular complexity index is 578. The van der Waals surface area contributed by atoms with Crippen LogP contribution in [0, 0.1) is 11.6 Å². The molecule has 112 valence electrons. The van der Waals surface area contributed by atoms with Gasteiger partial charge in [-0.3, -0.25) is 0 Å². The van der Waals surface area contributed by atoms with Gasteiger partial charge >= 0.3 is 0 Å². The van der Waals surface area contributed by atoms with Crippen LogP contribution in [0.1, 0.15) is 43.5 Å². The molecule has 0 amide bonds. The molecule has 2 rings (SSSR count). The Morgan fingerprint density at radius 2 is 1.57 bits per heavy atom. The minimum atomic E-state index is -0.557. The summed E-state index contributed by atoms with van der Waals surface area (Å²) in [5, 5.41) is 4.09. The molecule has 0 saturated heterocycles. The summed E-state index contributed by atoms with van der Waals surface area (Å²) >= 11 is 5.89. The zero-order valence-corrected chi connectivity index (χ0v) is 12.8. The van der Waals surface area contributed by atoms with E-state index in [-0.39, 0.29) is 12.1 Å². The second-order valence-electron chi connectivity index (χ2n) is 5.10. The van der Waals surface area contributed by atoms with Crippen molar-refractivity contribution in [3.8, 4) is 0 Å². The lowest BCUT2D eigenvalue weighted by Gasteiger charge is -2.23. The van der Waals surface area contributed by atoms with Gasteiger partial charge in [-0.05, 0) is 48.7 Å². The van der Waals surface area contributed by atoms with Crippen LogP contribution in [0.25, 0.3) is 0 Å². The highest BCUT2D eigenvalue weighted by molar-refractivity contribution is 6.30. The number of hydrogen-bond acceptors (Lipinski definition) is 1. The van der Waals surface area contributed by atoms with E-state index >= 15 is 0 Å². The molecule has 0 aromatic heterocycles. The molecule has 2 aromatic carbocycles. The highest BCUT2D eigenvalue weighted by Crippen LogP contribution is 2.24. The van der Waals surface area contributed by atoms with Crippen LogP contribution in [0.5, 0.6) is 0 Å². The molecule has 0 saturated carbocycles. The third kappa shape index (κ3) is 4.26. The SMILES string of the molecule is CCC(NC(C)c1cc(F)cc(F)c1)c1ccc(Cl)cc1. The lowest BCUT2D eigenvalue weighted by atomic mass is 10.0. The quantitative estimate of drug-likeness (QED) is 0.777. The standard InChI is InChI=1S/C17H18ClF2N/c1-3-17(12-4-6-14(18)7-5-12)21-11(2)13-8-15(19)10-16(20)9-13/h4-11,17,21H,3H2,1-2H3. The van der Waals surface area contributed by atoms with Crippen molar-refractivity contribution in [1.82, 2.24) is 5.32 Å². The molecule has 1 N–H and O–H groups in total. The first-order valence-corrected chi connectivity index (χ1v) is 7.35. The molecule has 2 unspecified atom stereocenters. The minimum Gasteiger partial charge on any atom is -0.303 e. The summed E-state index contributed by atoms with van der Waals surface area (Å²) in [6.45, 7) is 3.96. The molecular weight excluding hydrogens is 292 g/mol. The van der Waals surface area contributed by atoms with Crippen LogP contribution in [0.3, 0.4) is 0 Å². The van der Waals surface area contributed by atoms with Crippen LogP contribution >= 0.6 is 11.6 Å². The van der Waals surface area contributed by atoms with Gasteiger partial charge in [0.15, 0.2) is 0 Å². The van der Waals surface area contributed by atoms with E-state index in [9.17, 15) is 8.78 Å². The third-order valence-corrected chi connectivity index (χ3v) is 3.77. The average molecular weight is 310 g/mol. The van der Waals surface area contributed by atoms with Gasteiger partial charge < -0.3 is 5.32 Å². The fourth-order valence-electron chi connectivity index (χ4n) is 2.37. The molecule has 0 heterocycles. The molecule has 2 atom stereocenters. The van der Waals surface area contributed by atoms with Gasteiger partial charge in [0.1, 0.15) is 11.6 Å². The van der Waals surface area contributed by atoms with E-state index < -0.39 is 11.6 Å². The van der Waals surface area contributed by atoms with Gasteiger partial charge in [0.2, 0.25) is 0 Å². The van der Waals surface area contributed by atoms with Gasteiger partial charge in [-0.15, -0.1) is 0 Å². The van der Waals surface area contributed by atoms with Crippen LogP contribution in [-0.2, 0) is 0 Å². The maximum atomic E-state index is 13.3. The Labute approximate surface area is 128 Å². The Morgan fingerprint density at radius 3 is 2.10 bits per heavy atom. The Kier molecular flexibility index (Phi) is 5.32.